The Balaban J connectivity index is 2.96. The first-order chi connectivity index (χ1) is 5.93. The first-order valence-corrected chi connectivity index (χ1v) is 5.94. The molecular weight excluding hydrogens is 202 g/mol. The van der Waals surface area contributed by atoms with Gasteiger partial charge in [-0.3, -0.25) is 0 Å². The van der Waals surface area contributed by atoms with Gasteiger partial charge in [0.2, 0.25) is 0 Å². The molecule has 2 atom stereocenters. The van der Waals surface area contributed by atoms with E-state index in [1.54, 1.807) is 11.8 Å². The van der Waals surface area contributed by atoms with Gasteiger partial charge in [-0.05, 0) is 27.2 Å². The molecular formula is C9H17NOS2. The minimum Gasteiger partial charge on any atom is -0.370 e. The lowest BCUT2D eigenvalue weighted by atomic mass is 10.0. The molecule has 1 rings (SSSR count). The first kappa shape index (κ1) is 11.3. The summed E-state index contributed by atoms with van der Waals surface area (Å²) in [5, 5.41) is 10.6. The lowest BCUT2D eigenvalue weighted by Crippen LogP contribution is -2.52. The number of thiocarbonyl (C=S) groups is 1. The van der Waals surface area contributed by atoms with E-state index in [1.807, 2.05) is 18.7 Å². The molecule has 0 saturated carbocycles. The third-order valence-corrected chi connectivity index (χ3v) is 4.19. The minimum atomic E-state index is -0.740. The molecule has 1 aliphatic rings. The molecule has 13 heavy (non-hydrogen) atoms. The van der Waals surface area contributed by atoms with E-state index in [1.165, 1.54) is 0 Å². The lowest BCUT2D eigenvalue weighted by molar-refractivity contribution is -0.0747. The SMILES string of the molecule is CCC1(O)C(C)SC(=S)N1C(C)C. The molecule has 0 aromatic heterocycles. The van der Waals surface area contributed by atoms with Gasteiger partial charge in [-0.1, -0.05) is 30.9 Å². The Kier molecular flexibility index (Phi) is 3.25. The zero-order valence-corrected chi connectivity index (χ0v) is 10.2. The van der Waals surface area contributed by atoms with Crippen LogP contribution in [0.15, 0.2) is 0 Å². The van der Waals surface area contributed by atoms with Crippen LogP contribution in [0.3, 0.4) is 0 Å². The molecule has 1 N–H and O–H groups in total. The van der Waals surface area contributed by atoms with Crippen molar-refractivity contribution in [1.82, 2.24) is 4.90 Å². The van der Waals surface area contributed by atoms with Gasteiger partial charge in [-0.15, -0.1) is 0 Å². The van der Waals surface area contributed by atoms with Crippen LogP contribution in [0.25, 0.3) is 0 Å². The molecule has 0 aliphatic carbocycles. The normalized spacial score (nSPS) is 34.8. The standard InChI is InChI=1S/C9H17NOS2/c1-5-9(11)7(4)13-8(12)10(9)6(2)3/h6-7,11H,5H2,1-4H3. The van der Waals surface area contributed by atoms with Crippen molar-refractivity contribution >= 4 is 28.3 Å². The van der Waals surface area contributed by atoms with Gasteiger partial charge in [0.05, 0.1) is 5.25 Å². The average molecular weight is 219 g/mol. The van der Waals surface area contributed by atoms with E-state index >= 15 is 0 Å². The van der Waals surface area contributed by atoms with Crippen molar-refractivity contribution in [1.29, 1.82) is 0 Å². The second-order valence-corrected chi connectivity index (χ2v) is 5.70. The number of thioether (sulfide) groups is 1. The Morgan fingerprint density at radius 3 is 2.54 bits per heavy atom. The molecule has 2 nitrogen and oxygen atoms in total. The zero-order chi connectivity index (χ0) is 10.2. The molecule has 1 fully saturated rings. The molecule has 1 heterocycles. The van der Waals surface area contributed by atoms with Crippen LogP contribution >= 0.6 is 24.0 Å². The van der Waals surface area contributed by atoms with E-state index < -0.39 is 5.72 Å². The number of hydrogen-bond acceptors (Lipinski definition) is 3. The monoisotopic (exact) mass is 219 g/mol. The Hall–Kier alpha value is 0.200. The predicted molar refractivity (Wildman–Crippen MR) is 61.9 cm³/mol. The molecule has 4 heteroatoms. The molecule has 2 unspecified atom stereocenters. The number of aliphatic hydroxyl groups is 1. The molecule has 0 aromatic carbocycles. The summed E-state index contributed by atoms with van der Waals surface area (Å²) in [5.41, 5.74) is -0.740. The van der Waals surface area contributed by atoms with Crippen molar-refractivity contribution in [3.63, 3.8) is 0 Å². The maximum absolute atomic E-state index is 10.4. The van der Waals surface area contributed by atoms with Gasteiger partial charge in [0.1, 0.15) is 4.32 Å². The van der Waals surface area contributed by atoms with Crippen LogP contribution in [0.2, 0.25) is 0 Å². The van der Waals surface area contributed by atoms with E-state index in [9.17, 15) is 5.11 Å². The highest BCUT2D eigenvalue weighted by atomic mass is 32.2. The van der Waals surface area contributed by atoms with Crippen LogP contribution in [0, 0.1) is 0 Å². The van der Waals surface area contributed by atoms with Crippen LogP contribution in [0.4, 0.5) is 0 Å². The summed E-state index contributed by atoms with van der Waals surface area (Å²) in [6.45, 7) is 8.15. The van der Waals surface area contributed by atoms with Crippen LogP contribution in [-0.4, -0.2) is 31.3 Å². The van der Waals surface area contributed by atoms with E-state index in [2.05, 4.69) is 13.8 Å². The van der Waals surface area contributed by atoms with Crippen LogP contribution < -0.4 is 0 Å². The van der Waals surface area contributed by atoms with Crippen molar-refractivity contribution < 1.29 is 5.11 Å². The highest BCUT2D eigenvalue weighted by molar-refractivity contribution is 8.23. The fourth-order valence-electron chi connectivity index (χ4n) is 1.77. The summed E-state index contributed by atoms with van der Waals surface area (Å²) in [6.07, 6.45) is 0.722. The Morgan fingerprint density at radius 2 is 2.23 bits per heavy atom. The third-order valence-electron chi connectivity index (χ3n) is 2.58. The summed E-state index contributed by atoms with van der Waals surface area (Å²) < 4.78 is 0.826. The molecule has 1 saturated heterocycles. The van der Waals surface area contributed by atoms with Gasteiger partial charge in [-0.2, -0.15) is 0 Å². The molecule has 0 radical (unpaired) electrons. The quantitative estimate of drug-likeness (QED) is 0.719. The van der Waals surface area contributed by atoms with Crippen molar-refractivity contribution in [2.24, 2.45) is 0 Å². The van der Waals surface area contributed by atoms with E-state index in [0.29, 0.717) is 0 Å². The second-order valence-electron chi connectivity index (χ2n) is 3.72. The predicted octanol–water partition coefficient (Wildman–Crippen LogP) is 2.22. The van der Waals surface area contributed by atoms with Gasteiger partial charge in [0, 0.05) is 6.04 Å². The molecule has 0 spiro atoms. The lowest BCUT2D eigenvalue weighted by Gasteiger charge is -2.38. The second kappa shape index (κ2) is 3.75. The Morgan fingerprint density at radius 1 is 1.69 bits per heavy atom. The van der Waals surface area contributed by atoms with Crippen LogP contribution in [-0.2, 0) is 0 Å². The summed E-state index contributed by atoms with van der Waals surface area (Å²) >= 11 is 6.83. The van der Waals surface area contributed by atoms with Crippen molar-refractivity contribution in [3.8, 4) is 0 Å². The molecule has 76 valence electrons. The number of nitrogens with zero attached hydrogens (tertiary/aromatic N) is 1. The summed E-state index contributed by atoms with van der Waals surface area (Å²) in [5.74, 6) is 0. The molecule has 0 bridgehead atoms. The number of hydrogen-bond donors (Lipinski definition) is 1. The van der Waals surface area contributed by atoms with Crippen LogP contribution in [0.1, 0.15) is 34.1 Å². The first-order valence-electron chi connectivity index (χ1n) is 4.65. The largest absolute Gasteiger partial charge is 0.370 e. The van der Waals surface area contributed by atoms with E-state index in [-0.39, 0.29) is 11.3 Å². The van der Waals surface area contributed by atoms with Crippen molar-refractivity contribution in [3.05, 3.63) is 0 Å². The van der Waals surface area contributed by atoms with Crippen molar-refractivity contribution in [2.45, 2.75) is 51.1 Å². The molecule has 0 aromatic rings. The molecule has 1 aliphatic heterocycles. The van der Waals surface area contributed by atoms with Crippen molar-refractivity contribution in [2.75, 3.05) is 0 Å². The maximum Gasteiger partial charge on any atom is 0.150 e. The topological polar surface area (TPSA) is 23.5 Å². The van der Waals surface area contributed by atoms with Gasteiger partial charge >= 0.3 is 0 Å². The highest BCUT2D eigenvalue weighted by Gasteiger charge is 2.47. The Bertz CT molecular complexity index is 220. The summed E-state index contributed by atoms with van der Waals surface area (Å²) in [4.78, 5) is 1.96. The maximum atomic E-state index is 10.4. The van der Waals surface area contributed by atoms with Crippen LogP contribution in [0.5, 0.6) is 0 Å². The summed E-state index contributed by atoms with van der Waals surface area (Å²) in [7, 11) is 0. The minimum absolute atomic E-state index is 0.174. The van der Waals surface area contributed by atoms with Gasteiger partial charge in [0.15, 0.2) is 5.72 Å². The van der Waals surface area contributed by atoms with Gasteiger partial charge in [0.25, 0.3) is 0 Å². The third kappa shape index (κ3) is 1.72. The van der Waals surface area contributed by atoms with E-state index in [0.717, 1.165) is 10.7 Å². The van der Waals surface area contributed by atoms with Gasteiger partial charge in [-0.25, -0.2) is 0 Å². The Labute approximate surface area is 89.7 Å². The fraction of sp³-hybridized carbons (Fsp3) is 0.889. The number of rotatable bonds is 2. The smallest absolute Gasteiger partial charge is 0.150 e. The summed E-state index contributed by atoms with van der Waals surface area (Å²) in [6, 6.07) is 0.273. The molecule has 0 amide bonds. The van der Waals surface area contributed by atoms with E-state index in [4.69, 9.17) is 12.2 Å². The fourth-order valence-corrected chi connectivity index (χ4v) is 3.83. The zero-order valence-electron chi connectivity index (χ0n) is 8.57. The average Bonchev–Trinajstić information content (AvgIpc) is 2.24. The highest BCUT2D eigenvalue weighted by Crippen LogP contribution is 2.41. The van der Waals surface area contributed by atoms with Gasteiger partial charge < -0.3 is 10.0 Å².